The summed E-state index contributed by atoms with van der Waals surface area (Å²) in [7, 11) is -3.00. The highest BCUT2D eigenvalue weighted by Gasteiger charge is 2.43. The highest BCUT2D eigenvalue weighted by Crippen LogP contribution is 2.31. The van der Waals surface area contributed by atoms with Gasteiger partial charge in [0.05, 0.1) is 16.9 Å². The van der Waals surface area contributed by atoms with Crippen LogP contribution in [-0.4, -0.2) is 37.0 Å². The molecule has 0 bridgehead atoms. The van der Waals surface area contributed by atoms with Gasteiger partial charge in [-0.2, -0.15) is 0 Å². The molecule has 0 aromatic rings. The molecule has 6 heteroatoms. The van der Waals surface area contributed by atoms with Gasteiger partial charge in [0, 0.05) is 6.04 Å². The van der Waals surface area contributed by atoms with E-state index in [0.29, 0.717) is 6.42 Å². The number of hydrogen-bond donors (Lipinski definition) is 2. The topological polar surface area (TPSA) is 97.5 Å². The van der Waals surface area contributed by atoms with E-state index in [1.54, 1.807) is 0 Å². The normalized spacial score (nSPS) is 27.5. The first-order valence-corrected chi connectivity index (χ1v) is 6.68. The fourth-order valence-electron chi connectivity index (χ4n) is 1.84. The standard InChI is InChI=1S/C9H17NO4S/c1-9(2,8(11)12)7(10)6-3-4-15(13,14)5-6/h6-7H,3-5,10H2,1-2H3,(H,11,12). The zero-order chi connectivity index (χ0) is 11.9. The molecule has 0 aliphatic carbocycles. The molecule has 1 heterocycles. The van der Waals surface area contributed by atoms with Crippen LogP contribution < -0.4 is 5.73 Å². The molecular formula is C9H17NO4S. The van der Waals surface area contributed by atoms with E-state index < -0.39 is 27.3 Å². The number of nitrogens with two attached hydrogens (primary N) is 1. The lowest BCUT2D eigenvalue weighted by atomic mass is 9.78. The van der Waals surface area contributed by atoms with Gasteiger partial charge in [0.25, 0.3) is 0 Å². The molecule has 88 valence electrons. The fourth-order valence-corrected chi connectivity index (χ4v) is 3.69. The lowest BCUT2D eigenvalue weighted by Crippen LogP contribution is -2.48. The molecule has 0 radical (unpaired) electrons. The zero-order valence-electron chi connectivity index (χ0n) is 8.93. The molecule has 0 aromatic heterocycles. The van der Waals surface area contributed by atoms with Crippen molar-refractivity contribution < 1.29 is 18.3 Å². The predicted molar refractivity (Wildman–Crippen MR) is 56.2 cm³/mol. The number of aliphatic carboxylic acids is 1. The number of hydrogen-bond acceptors (Lipinski definition) is 4. The summed E-state index contributed by atoms with van der Waals surface area (Å²) >= 11 is 0. The summed E-state index contributed by atoms with van der Waals surface area (Å²) in [5, 5.41) is 8.97. The minimum Gasteiger partial charge on any atom is -0.481 e. The van der Waals surface area contributed by atoms with Crippen LogP contribution in [0.15, 0.2) is 0 Å². The Bertz CT molecular complexity index is 360. The molecule has 1 aliphatic rings. The van der Waals surface area contributed by atoms with Crippen LogP contribution in [0.1, 0.15) is 20.3 Å². The zero-order valence-corrected chi connectivity index (χ0v) is 9.75. The Morgan fingerprint density at radius 1 is 1.53 bits per heavy atom. The first kappa shape index (κ1) is 12.4. The van der Waals surface area contributed by atoms with E-state index in [1.807, 2.05) is 0 Å². The van der Waals surface area contributed by atoms with Crippen LogP contribution in [0, 0.1) is 11.3 Å². The Balaban J connectivity index is 2.79. The minimum absolute atomic E-state index is 0.0187. The number of carbonyl (C=O) groups is 1. The monoisotopic (exact) mass is 235 g/mol. The van der Waals surface area contributed by atoms with Gasteiger partial charge < -0.3 is 10.8 Å². The third kappa shape index (κ3) is 2.49. The van der Waals surface area contributed by atoms with Gasteiger partial charge in [-0.1, -0.05) is 0 Å². The van der Waals surface area contributed by atoms with E-state index in [0.717, 1.165) is 0 Å². The Kier molecular flexibility index (Phi) is 3.11. The molecule has 1 fully saturated rings. The van der Waals surface area contributed by atoms with Crippen molar-refractivity contribution in [1.29, 1.82) is 0 Å². The molecule has 0 spiro atoms. The van der Waals surface area contributed by atoms with Gasteiger partial charge in [0.2, 0.25) is 0 Å². The third-order valence-corrected chi connectivity index (χ3v) is 4.95. The maximum atomic E-state index is 11.2. The molecule has 1 rings (SSSR count). The maximum absolute atomic E-state index is 11.2. The molecular weight excluding hydrogens is 218 g/mol. The van der Waals surface area contributed by atoms with Gasteiger partial charge >= 0.3 is 5.97 Å². The Morgan fingerprint density at radius 3 is 2.40 bits per heavy atom. The van der Waals surface area contributed by atoms with Crippen LogP contribution in [0.4, 0.5) is 0 Å². The Hall–Kier alpha value is -0.620. The van der Waals surface area contributed by atoms with Crippen LogP contribution in [0.25, 0.3) is 0 Å². The third-order valence-electron chi connectivity index (χ3n) is 3.16. The number of carboxylic acid groups (broad SMARTS) is 1. The van der Waals surface area contributed by atoms with Gasteiger partial charge in [-0.25, -0.2) is 8.42 Å². The summed E-state index contributed by atoms with van der Waals surface area (Å²) in [6, 6.07) is -0.618. The molecule has 3 N–H and O–H groups in total. The molecule has 2 unspecified atom stereocenters. The summed E-state index contributed by atoms with van der Waals surface area (Å²) in [4.78, 5) is 11.0. The van der Waals surface area contributed by atoms with Crippen molar-refractivity contribution in [1.82, 2.24) is 0 Å². The van der Waals surface area contributed by atoms with E-state index in [-0.39, 0.29) is 17.4 Å². The lowest BCUT2D eigenvalue weighted by Gasteiger charge is -2.30. The van der Waals surface area contributed by atoms with E-state index in [1.165, 1.54) is 13.8 Å². The van der Waals surface area contributed by atoms with Crippen molar-refractivity contribution in [3.05, 3.63) is 0 Å². The Labute approximate surface area is 89.6 Å². The second kappa shape index (κ2) is 3.75. The van der Waals surface area contributed by atoms with Crippen molar-refractivity contribution in [2.75, 3.05) is 11.5 Å². The summed E-state index contributed by atoms with van der Waals surface area (Å²) < 4.78 is 22.5. The van der Waals surface area contributed by atoms with E-state index in [9.17, 15) is 13.2 Å². The minimum atomic E-state index is -3.00. The highest BCUT2D eigenvalue weighted by atomic mass is 32.2. The van der Waals surface area contributed by atoms with Crippen molar-refractivity contribution >= 4 is 15.8 Å². The second-order valence-corrected chi connectivity index (χ2v) is 6.94. The van der Waals surface area contributed by atoms with E-state index in [4.69, 9.17) is 10.8 Å². The first-order chi connectivity index (χ1) is 6.67. The molecule has 0 saturated carbocycles. The van der Waals surface area contributed by atoms with Gasteiger partial charge in [-0.15, -0.1) is 0 Å². The Morgan fingerprint density at radius 2 is 2.07 bits per heavy atom. The van der Waals surface area contributed by atoms with Gasteiger partial charge in [0.15, 0.2) is 9.84 Å². The number of sulfone groups is 1. The first-order valence-electron chi connectivity index (χ1n) is 4.86. The van der Waals surface area contributed by atoms with Crippen molar-refractivity contribution in [2.45, 2.75) is 26.3 Å². The molecule has 2 atom stereocenters. The second-order valence-electron chi connectivity index (χ2n) is 4.72. The largest absolute Gasteiger partial charge is 0.481 e. The average Bonchev–Trinajstić information content (AvgIpc) is 2.44. The quantitative estimate of drug-likeness (QED) is 0.709. The molecule has 0 aromatic carbocycles. The smallest absolute Gasteiger partial charge is 0.310 e. The van der Waals surface area contributed by atoms with Crippen molar-refractivity contribution in [2.24, 2.45) is 17.1 Å². The molecule has 1 saturated heterocycles. The summed E-state index contributed by atoms with van der Waals surface area (Å²) in [6.07, 6.45) is 0.472. The van der Waals surface area contributed by atoms with E-state index in [2.05, 4.69) is 0 Å². The average molecular weight is 235 g/mol. The van der Waals surface area contributed by atoms with E-state index >= 15 is 0 Å². The molecule has 15 heavy (non-hydrogen) atoms. The molecule has 1 aliphatic heterocycles. The summed E-state index contributed by atoms with van der Waals surface area (Å²) in [6.45, 7) is 3.07. The summed E-state index contributed by atoms with van der Waals surface area (Å²) in [5.41, 5.74) is 4.75. The SMILES string of the molecule is CC(C)(C(=O)O)C(N)C1CCS(=O)(=O)C1. The van der Waals surface area contributed by atoms with Gasteiger partial charge in [-0.05, 0) is 26.2 Å². The number of carboxylic acids is 1. The molecule has 5 nitrogen and oxygen atoms in total. The van der Waals surface area contributed by atoms with Crippen LogP contribution >= 0.6 is 0 Å². The van der Waals surface area contributed by atoms with Gasteiger partial charge in [-0.3, -0.25) is 4.79 Å². The predicted octanol–water partition coefficient (Wildman–Crippen LogP) is -0.141. The van der Waals surface area contributed by atoms with Crippen LogP contribution in [0.2, 0.25) is 0 Å². The van der Waals surface area contributed by atoms with Crippen molar-refractivity contribution in [3.63, 3.8) is 0 Å². The van der Waals surface area contributed by atoms with Gasteiger partial charge in [0.1, 0.15) is 0 Å². The van der Waals surface area contributed by atoms with Crippen LogP contribution in [-0.2, 0) is 14.6 Å². The lowest BCUT2D eigenvalue weighted by molar-refractivity contribution is -0.148. The van der Waals surface area contributed by atoms with Crippen LogP contribution in [0.5, 0.6) is 0 Å². The fraction of sp³-hybridized carbons (Fsp3) is 0.889. The number of rotatable bonds is 3. The van der Waals surface area contributed by atoms with Crippen LogP contribution in [0.3, 0.4) is 0 Å². The van der Waals surface area contributed by atoms with Crippen molar-refractivity contribution in [3.8, 4) is 0 Å². The summed E-state index contributed by atoms with van der Waals surface area (Å²) in [5.74, 6) is -1.08. The highest BCUT2D eigenvalue weighted by molar-refractivity contribution is 7.91. The molecule has 0 amide bonds. The maximum Gasteiger partial charge on any atom is 0.310 e.